The molecule has 0 saturated heterocycles. The van der Waals surface area contributed by atoms with Gasteiger partial charge in [0, 0.05) is 5.69 Å². The summed E-state index contributed by atoms with van der Waals surface area (Å²) in [4.78, 5) is 0.0579. The third kappa shape index (κ3) is 3.05. The third-order valence-electron chi connectivity index (χ3n) is 3.15. The first kappa shape index (κ1) is 14.2. The Morgan fingerprint density at radius 2 is 1.74 bits per heavy atom. The molecule has 2 rings (SSSR count). The summed E-state index contributed by atoms with van der Waals surface area (Å²) in [5, 5.41) is 5.04. The summed E-state index contributed by atoms with van der Waals surface area (Å²) >= 11 is 0. The minimum absolute atomic E-state index is 0.0579. The molecule has 1 aromatic carbocycles. The molecule has 0 unspecified atom stereocenters. The fraction of sp³-hybridized carbons (Fsp3) is 0.333. The van der Waals surface area contributed by atoms with Gasteiger partial charge in [-0.2, -0.15) is 0 Å². The van der Waals surface area contributed by atoms with Gasteiger partial charge in [-0.15, -0.1) is 0 Å². The van der Waals surface area contributed by atoms with Crippen molar-refractivity contribution >= 4 is 26.7 Å². The van der Waals surface area contributed by atoms with E-state index in [0.717, 1.165) is 11.3 Å². The van der Waals surface area contributed by atoms with E-state index in [1.165, 1.54) is 17.7 Å². The molecule has 104 valence electrons. The van der Waals surface area contributed by atoms with Crippen LogP contribution in [-0.2, 0) is 21.0 Å². The van der Waals surface area contributed by atoms with E-state index >= 15 is 0 Å². The smallest absolute Gasteiger partial charge is 0.238 e. The van der Waals surface area contributed by atoms with Gasteiger partial charge in [-0.25, -0.2) is 17.8 Å². The Labute approximate surface area is 115 Å². The average molecular weight is 300 g/mol. The summed E-state index contributed by atoms with van der Waals surface area (Å²) in [5.41, 5.74) is 3.07. The lowest BCUT2D eigenvalue weighted by Gasteiger charge is -2.29. The Bertz CT molecular complexity index is 648. The van der Waals surface area contributed by atoms with Gasteiger partial charge in [0.05, 0.1) is 17.2 Å². The van der Waals surface area contributed by atoms with E-state index in [-0.39, 0.29) is 4.90 Å². The Morgan fingerprint density at radius 1 is 1.16 bits per heavy atom. The molecule has 19 heavy (non-hydrogen) atoms. The van der Waals surface area contributed by atoms with Crippen molar-refractivity contribution < 1.29 is 12.6 Å². The van der Waals surface area contributed by atoms with E-state index in [9.17, 15) is 12.6 Å². The third-order valence-corrected chi connectivity index (χ3v) is 5.59. The fourth-order valence-electron chi connectivity index (χ4n) is 1.82. The van der Waals surface area contributed by atoms with Crippen LogP contribution in [0.3, 0.4) is 0 Å². The first-order chi connectivity index (χ1) is 8.79. The number of primary sulfonamides is 1. The van der Waals surface area contributed by atoms with E-state index in [2.05, 4.69) is 0 Å². The van der Waals surface area contributed by atoms with Crippen molar-refractivity contribution in [2.24, 2.45) is 5.14 Å². The van der Waals surface area contributed by atoms with Crippen molar-refractivity contribution in [1.82, 2.24) is 0 Å². The number of hydrogen-bond acceptors (Lipinski definition) is 3. The Kier molecular flexibility index (Phi) is 3.80. The molecule has 7 heteroatoms. The highest BCUT2D eigenvalue weighted by Crippen LogP contribution is 2.25. The molecule has 1 aliphatic heterocycles. The summed E-state index contributed by atoms with van der Waals surface area (Å²) in [5.74, 6) is 0.517. The topological polar surface area (TPSA) is 80.5 Å². The Hall–Kier alpha value is -1.18. The van der Waals surface area contributed by atoms with E-state index < -0.39 is 21.0 Å². The second kappa shape index (κ2) is 5.07. The lowest BCUT2D eigenvalue weighted by atomic mass is 10.1. The molecule has 0 aliphatic carbocycles. The molecule has 0 radical (unpaired) electrons. The molecule has 1 aliphatic rings. The molecule has 0 saturated carbocycles. The quantitative estimate of drug-likeness (QED) is 0.832. The lowest BCUT2D eigenvalue weighted by molar-refractivity contribution is 0.598. The van der Waals surface area contributed by atoms with Crippen LogP contribution in [0.25, 0.3) is 0 Å². The number of sulfonamides is 1. The summed E-state index contributed by atoms with van der Waals surface area (Å²) in [6, 6.07) is 6.13. The molecule has 0 aromatic heterocycles. The monoisotopic (exact) mass is 300 g/mol. The maximum atomic E-state index is 12.1. The van der Waals surface area contributed by atoms with Crippen molar-refractivity contribution in [2.75, 3.05) is 16.6 Å². The molecule has 2 N–H and O–H groups in total. The van der Waals surface area contributed by atoms with Crippen LogP contribution in [0.1, 0.15) is 13.8 Å². The van der Waals surface area contributed by atoms with Crippen LogP contribution in [0.4, 0.5) is 5.69 Å². The van der Waals surface area contributed by atoms with Gasteiger partial charge in [-0.3, -0.25) is 4.31 Å². The van der Waals surface area contributed by atoms with Crippen LogP contribution in [0, 0.1) is 0 Å². The van der Waals surface area contributed by atoms with Crippen LogP contribution >= 0.6 is 0 Å². The van der Waals surface area contributed by atoms with Gasteiger partial charge in [0.1, 0.15) is 11.0 Å². The zero-order valence-corrected chi connectivity index (χ0v) is 12.4. The predicted octanol–water partition coefficient (Wildman–Crippen LogP) is 1.15. The second-order valence-electron chi connectivity index (χ2n) is 4.60. The fourth-order valence-corrected chi connectivity index (χ4v) is 3.80. The number of anilines is 1. The highest BCUT2D eigenvalue weighted by Gasteiger charge is 2.21. The number of hydrogen-bond donors (Lipinski definition) is 1. The van der Waals surface area contributed by atoms with Crippen LogP contribution in [0.15, 0.2) is 40.3 Å². The summed E-state index contributed by atoms with van der Waals surface area (Å²) in [7, 11) is -4.80. The largest absolute Gasteiger partial charge is 0.287 e. The SMILES string of the molecule is CC1=C(C)C[S@@](=O)N(c2ccc(S(N)(=O)=O)cc2)C1. The average Bonchev–Trinajstić information content (AvgIpc) is 2.33. The number of nitrogens with two attached hydrogens (primary N) is 1. The van der Waals surface area contributed by atoms with Gasteiger partial charge in [-0.1, -0.05) is 11.1 Å². The summed E-state index contributed by atoms with van der Waals surface area (Å²) in [6.07, 6.45) is 0. The van der Waals surface area contributed by atoms with Crippen molar-refractivity contribution in [3.05, 3.63) is 35.4 Å². The van der Waals surface area contributed by atoms with Gasteiger partial charge in [-0.05, 0) is 38.1 Å². The van der Waals surface area contributed by atoms with E-state index in [4.69, 9.17) is 5.14 Å². The molecule has 0 fully saturated rings. The van der Waals surface area contributed by atoms with Crippen molar-refractivity contribution in [2.45, 2.75) is 18.7 Å². The minimum atomic E-state index is -3.69. The summed E-state index contributed by atoms with van der Waals surface area (Å²) in [6.45, 7) is 4.58. The molecule has 0 amide bonds. The van der Waals surface area contributed by atoms with Crippen molar-refractivity contribution in [3.63, 3.8) is 0 Å². The lowest BCUT2D eigenvalue weighted by Crippen LogP contribution is -2.34. The molecule has 0 spiro atoms. The molecular formula is C12H16N2O3S2. The number of rotatable bonds is 2. The van der Waals surface area contributed by atoms with Crippen molar-refractivity contribution in [3.8, 4) is 0 Å². The van der Waals surface area contributed by atoms with E-state index in [1.807, 2.05) is 13.8 Å². The predicted molar refractivity (Wildman–Crippen MR) is 76.5 cm³/mol. The molecule has 1 heterocycles. The van der Waals surface area contributed by atoms with Crippen LogP contribution in [-0.4, -0.2) is 24.9 Å². The maximum Gasteiger partial charge on any atom is 0.238 e. The van der Waals surface area contributed by atoms with E-state index in [1.54, 1.807) is 16.4 Å². The summed E-state index contributed by atoms with van der Waals surface area (Å²) < 4.78 is 36.2. The van der Waals surface area contributed by atoms with Gasteiger partial charge in [0.2, 0.25) is 10.0 Å². The number of nitrogens with zero attached hydrogens (tertiary/aromatic N) is 1. The van der Waals surface area contributed by atoms with Gasteiger partial charge in [0.15, 0.2) is 0 Å². The van der Waals surface area contributed by atoms with Gasteiger partial charge >= 0.3 is 0 Å². The second-order valence-corrected chi connectivity index (χ2v) is 7.54. The molecule has 1 aromatic rings. The zero-order valence-electron chi connectivity index (χ0n) is 10.8. The highest BCUT2D eigenvalue weighted by atomic mass is 32.2. The molecule has 5 nitrogen and oxygen atoms in total. The Morgan fingerprint density at radius 3 is 2.26 bits per heavy atom. The molecular weight excluding hydrogens is 284 g/mol. The first-order valence-corrected chi connectivity index (χ1v) is 8.55. The van der Waals surface area contributed by atoms with Crippen molar-refractivity contribution in [1.29, 1.82) is 0 Å². The number of benzene rings is 1. The highest BCUT2D eigenvalue weighted by molar-refractivity contribution is 7.89. The van der Waals surface area contributed by atoms with Crippen LogP contribution in [0.2, 0.25) is 0 Å². The zero-order chi connectivity index (χ0) is 14.2. The van der Waals surface area contributed by atoms with E-state index in [0.29, 0.717) is 12.3 Å². The van der Waals surface area contributed by atoms with Crippen LogP contribution in [0.5, 0.6) is 0 Å². The standard InChI is InChI=1S/C12H16N2O3S2/c1-9-7-14(18(15)8-10(9)2)11-3-5-12(6-4-11)19(13,16)17/h3-6H,7-8H2,1-2H3,(H2,13,16,17)/t18-/m1/s1. The minimum Gasteiger partial charge on any atom is -0.287 e. The molecule has 0 bridgehead atoms. The van der Waals surface area contributed by atoms with Gasteiger partial charge < -0.3 is 0 Å². The Balaban J connectivity index is 2.31. The normalized spacial score (nSPS) is 20.8. The first-order valence-electron chi connectivity index (χ1n) is 5.73. The molecule has 1 atom stereocenters. The van der Waals surface area contributed by atoms with Gasteiger partial charge in [0.25, 0.3) is 0 Å². The van der Waals surface area contributed by atoms with Crippen LogP contribution < -0.4 is 9.44 Å². The maximum absolute atomic E-state index is 12.1.